The van der Waals surface area contributed by atoms with E-state index in [4.69, 9.17) is 9.47 Å². The summed E-state index contributed by atoms with van der Waals surface area (Å²) in [4.78, 5) is 12.1. The quantitative estimate of drug-likeness (QED) is 0.620. The van der Waals surface area contributed by atoms with Crippen molar-refractivity contribution in [1.29, 1.82) is 0 Å². The molecule has 0 radical (unpaired) electrons. The lowest BCUT2D eigenvalue weighted by Crippen LogP contribution is -2.18. The summed E-state index contributed by atoms with van der Waals surface area (Å²) in [7, 11) is -0.202. The number of sulfone groups is 1. The zero-order valence-corrected chi connectivity index (χ0v) is 17.6. The topological polar surface area (TPSA) is 74.6 Å². The number of ether oxygens (including phenoxy) is 2. The van der Waals surface area contributed by atoms with Crippen LogP contribution < -0.4 is 15.0 Å². The summed E-state index contributed by atoms with van der Waals surface area (Å²) in [5, 5.41) is 0. The highest BCUT2D eigenvalue weighted by molar-refractivity contribution is 7.90. The second-order valence-corrected chi connectivity index (χ2v) is 8.91. The summed E-state index contributed by atoms with van der Waals surface area (Å²) >= 11 is 0. The molecule has 6 nitrogen and oxygen atoms in total. The van der Waals surface area contributed by atoms with E-state index >= 15 is 0 Å². The predicted molar refractivity (Wildman–Crippen MR) is 112 cm³/mol. The van der Waals surface area contributed by atoms with Crippen LogP contribution in [0, 0.1) is 6.92 Å². The van der Waals surface area contributed by atoms with Gasteiger partial charge in [-0.05, 0) is 48.4 Å². The molecule has 29 heavy (non-hydrogen) atoms. The summed E-state index contributed by atoms with van der Waals surface area (Å²) in [5.74, 6) is 1.11. The monoisotopic (exact) mass is 413 g/mol. The van der Waals surface area contributed by atoms with Crippen molar-refractivity contribution in [2.24, 2.45) is 7.05 Å². The summed E-state index contributed by atoms with van der Waals surface area (Å²) in [6.07, 6.45) is 2.84. The van der Waals surface area contributed by atoms with Crippen molar-refractivity contribution in [2.45, 2.75) is 18.4 Å². The van der Waals surface area contributed by atoms with Gasteiger partial charge in [0.1, 0.15) is 18.1 Å². The molecule has 0 aliphatic carbocycles. The third kappa shape index (κ3) is 4.68. The Labute approximate surface area is 170 Å². The average Bonchev–Trinajstić information content (AvgIpc) is 2.69. The first-order valence-electron chi connectivity index (χ1n) is 8.96. The molecule has 0 atom stereocenters. The molecule has 0 spiro atoms. The first-order chi connectivity index (χ1) is 13.7. The van der Waals surface area contributed by atoms with Crippen LogP contribution in [0.25, 0.3) is 11.1 Å². The summed E-state index contributed by atoms with van der Waals surface area (Å²) in [5.41, 5.74) is 2.71. The van der Waals surface area contributed by atoms with E-state index in [1.165, 1.54) is 10.6 Å². The summed E-state index contributed by atoms with van der Waals surface area (Å²) in [6.45, 7) is 1.95. The third-order valence-corrected chi connectivity index (χ3v) is 5.68. The minimum Gasteiger partial charge on any atom is -0.496 e. The highest BCUT2D eigenvalue weighted by Crippen LogP contribution is 2.29. The fraction of sp³-hybridized carbons (Fsp3) is 0.227. The van der Waals surface area contributed by atoms with Gasteiger partial charge in [-0.25, -0.2) is 8.42 Å². The first-order valence-corrected chi connectivity index (χ1v) is 10.9. The van der Waals surface area contributed by atoms with Gasteiger partial charge in [0.15, 0.2) is 9.84 Å². The summed E-state index contributed by atoms with van der Waals surface area (Å²) in [6, 6.07) is 14.1. The maximum Gasteiger partial charge on any atom is 0.253 e. The maximum atomic E-state index is 12.2. The van der Waals surface area contributed by atoms with E-state index < -0.39 is 9.84 Å². The Morgan fingerprint density at radius 3 is 2.41 bits per heavy atom. The number of aromatic nitrogens is 1. The zero-order chi connectivity index (χ0) is 21.2. The largest absolute Gasteiger partial charge is 0.496 e. The van der Waals surface area contributed by atoms with Crippen LogP contribution in [0.1, 0.15) is 11.1 Å². The Morgan fingerprint density at radius 2 is 1.76 bits per heavy atom. The molecule has 0 unspecified atom stereocenters. The molecule has 0 aliphatic rings. The van der Waals surface area contributed by atoms with Crippen molar-refractivity contribution in [3.63, 3.8) is 0 Å². The Balaban J connectivity index is 2.04. The third-order valence-electron chi connectivity index (χ3n) is 4.59. The van der Waals surface area contributed by atoms with Crippen LogP contribution in [0.4, 0.5) is 0 Å². The second-order valence-electron chi connectivity index (χ2n) is 6.89. The minimum atomic E-state index is -3.45. The van der Waals surface area contributed by atoms with Crippen molar-refractivity contribution >= 4 is 9.84 Å². The number of pyridine rings is 1. The molecule has 3 rings (SSSR count). The van der Waals surface area contributed by atoms with Gasteiger partial charge in [0.25, 0.3) is 5.56 Å². The lowest BCUT2D eigenvalue weighted by Gasteiger charge is -2.13. The standard InChI is InChI=1S/C22H23NO5S/c1-15-9-18(13-23(2)22(15)24)17-10-19(12-20(11-17)29(4,25)26)28-14-16-7-5-6-8-21(16)27-3/h5-13H,14H2,1-4H3. The molecule has 0 amide bonds. The SMILES string of the molecule is COc1ccccc1COc1cc(-c2cc(C)c(=O)n(C)c2)cc(S(C)(=O)=O)c1. The van der Waals surface area contributed by atoms with Crippen LogP contribution >= 0.6 is 0 Å². The van der Waals surface area contributed by atoms with Crippen LogP contribution in [-0.4, -0.2) is 26.4 Å². The fourth-order valence-corrected chi connectivity index (χ4v) is 3.73. The van der Waals surface area contributed by atoms with Gasteiger partial charge in [0.05, 0.1) is 12.0 Å². The molecule has 0 aliphatic heterocycles. The van der Waals surface area contributed by atoms with Crippen LogP contribution in [-0.2, 0) is 23.5 Å². The molecule has 0 bridgehead atoms. The molecular weight excluding hydrogens is 390 g/mol. The van der Waals surface area contributed by atoms with Crippen molar-refractivity contribution in [3.05, 3.63) is 76.2 Å². The Kier molecular flexibility index (Phi) is 5.79. The molecule has 0 saturated heterocycles. The van der Waals surface area contributed by atoms with Crippen molar-refractivity contribution < 1.29 is 17.9 Å². The molecule has 0 N–H and O–H groups in total. The van der Waals surface area contributed by atoms with Crippen molar-refractivity contribution in [1.82, 2.24) is 4.57 Å². The number of para-hydroxylation sites is 1. The number of methoxy groups -OCH3 is 1. The molecule has 0 fully saturated rings. The Hall–Kier alpha value is -3.06. The smallest absolute Gasteiger partial charge is 0.253 e. The molecule has 2 aromatic carbocycles. The van der Waals surface area contributed by atoms with E-state index in [0.717, 1.165) is 17.4 Å². The molecule has 7 heteroatoms. The molecular formula is C22H23NO5S. The van der Waals surface area contributed by atoms with E-state index in [1.807, 2.05) is 24.3 Å². The van der Waals surface area contributed by atoms with E-state index in [1.54, 1.807) is 45.5 Å². The molecule has 1 heterocycles. The lowest BCUT2D eigenvalue weighted by atomic mass is 10.1. The number of benzene rings is 2. The van der Waals surface area contributed by atoms with E-state index in [9.17, 15) is 13.2 Å². The van der Waals surface area contributed by atoms with Gasteiger partial charge in [-0.3, -0.25) is 4.79 Å². The van der Waals surface area contributed by atoms with E-state index in [2.05, 4.69) is 0 Å². The first kappa shape index (κ1) is 20.7. The highest BCUT2D eigenvalue weighted by Gasteiger charge is 2.14. The predicted octanol–water partition coefficient (Wildman–Crippen LogP) is 3.35. The number of hydrogen-bond donors (Lipinski definition) is 0. The number of hydrogen-bond acceptors (Lipinski definition) is 5. The molecule has 3 aromatic rings. The zero-order valence-electron chi connectivity index (χ0n) is 16.8. The van der Waals surface area contributed by atoms with Crippen molar-refractivity contribution in [3.8, 4) is 22.6 Å². The molecule has 1 aromatic heterocycles. The minimum absolute atomic E-state index is 0.0966. The van der Waals surface area contributed by atoms with E-state index in [-0.39, 0.29) is 17.1 Å². The Bertz CT molecular complexity index is 1190. The maximum absolute atomic E-state index is 12.2. The molecule has 0 saturated carbocycles. The highest BCUT2D eigenvalue weighted by atomic mass is 32.2. The van der Waals surface area contributed by atoms with Gasteiger partial charge in [-0.1, -0.05) is 18.2 Å². The lowest BCUT2D eigenvalue weighted by molar-refractivity contribution is 0.296. The van der Waals surface area contributed by atoms with Crippen LogP contribution in [0.5, 0.6) is 11.5 Å². The Morgan fingerprint density at radius 1 is 1.03 bits per heavy atom. The second kappa shape index (κ2) is 8.13. The fourth-order valence-electron chi connectivity index (χ4n) is 3.05. The van der Waals surface area contributed by atoms with Crippen LogP contribution in [0.3, 0.4) is 0 Å². The normalized spacial score (nSPS) is 11.3. The van der Waals surface area contributed by atoms with Gasteiger partial charge >= 0.3 is 0 Å². The van der Waals surface area contributed by atoms with Crippen LogP contribution in [0.2, 0.25) is 0 Å². The van der Waals surface area contributed by atoms with E-state index in [0.29, 0.717) is 22.6 Å². The van der Waals surface area contributed by atoms with Gasteiger partial charge in [0.2, 0.25) is 0 Å². The van der Waals surface area contributed by atoms with Gasteiger partial charge in [0, 0.05) is 30.6 Å². The number of nitrogens with zero attached hydrogens (tertiary/aromatic N) is 1. The summed E-state index contributed by atoms with van der Waals surface area (Å²) < 4.78 is 37.1. The van der Waals surface area contributed by atoms with Gasteiger partial charge < -0.3 is 14.0 Å². The van der Waals surface area contributed by atoms with Gasteiger partial charge in [-0.15, -0.1) is 0 Å². The molecule has 152 valence electrons. The van der Waals surface area contributed by atoms with Crippen LogP contribution in [0.15, 0.2) is 64.4 Å². The average molecular weight is 413 g/mol. The van der Waals surface area contributed by atoms with Crippen molar-refractivity contribution in [2.75, 3.05) is 13.4 Å². The number of rotatable bonds is 6. The van der Waals surface area contributed by atoms with Gasteiger partial charge in [-0.2, -0.15) is 0 Å². The number of aryl methyl sites for hydroxylation is 2.